The fourth-order valence-electron chi connectivity index (χ4n) is 6.07. The van der Waals surface area contributed by atoms with Crippen molar-refractivity contribution in [1.82, 2.24) is 19.9 Å². The largest absolute Gasteiger partial charge is 0.455 e. The van der Waals surface area contributed by atoms with Gasteiger partial charge in [-0.2, -0.15) is 0 Å². The average molecular weight is 581 g/mol. The first-order valence-corrected chi connectivity index (χ1v) is 15.0. The fraction of sp³-hybridized carbons (Fsp3) is 0.0500. The highest BCUT2D eigenvalue weighted by molar-refractivity contribution is 6.11. The molecule has 3 heterocycles. The average Bonchev–Trinajstić information content (AvgIpc) is 3.47. The third kappa shape index (κ3) is 4.85. The molecule has 0 fully saturated rings. The molecule has 3 aromatic heterocycles. The van der Waals surface area contributed by atoms with Crippen LogP contribution in [0.3, 0.4) is 0 Å². The third-order valence-corrected chi connectivity index (χ3v) is 8.25. The van der Waals surface area contributed by atoms with Crippen molar-refractivity contribution in [3.05, 3.63) is 145 Å². The molecule has 0 unspecified atom stereocenters. The molecular weight excluding hydrogens is 552 g/mol. The summed E-state index contributed by atoms with van der Waals surface area (Å²) in [4.78, 5) is 19.3. The molecule has 5 nitrogen and oxygen atoms in total. The minimum atomic E-state index is 0.563. The van der Waals surface area contributed by atoms with Gasteiger partial charge in [0.2, 0.25) is 0 Å². The summed E-state index contributed by atoms with van der Waals surface area (Å²) in [5, 5.41) is 2.07. The van der Waals surface area contributed by atoms with E-state index in [0.717, 1.165) is 60.9 Å². The molecule has 0 N–H and O–H groups in total. The third-order valence-electron chi connectivity index (χ3n) is 8.25. The van der Waals surface area contributed by atoms with Gasteiger partial charge in [-0.1, -0.05) is 103 Å². The maximum absolute atomic E-state index is 6.52. The minimum Gasteiger partial charge on any atom is -0.455 e. The maximum Gasteiger partial charge on any atom is 0.167 e. The van der Waals surface area contributed by atoms with Crippen molar-refractivity contribution < 1.29 is 4.42 Å². The quantitative estimate of drug-likeness (QED) is 0.203. The second-order valence-electron chi connectivity index (χ2n) is 11.3. The van der Waals surface area contributed by atoms with Crippen LogP contribution in [-0.2, 0) is 0 Å². The van der Waals surface area contributed by atoms with Crippen LogP contribution in [0.2, 0.25) is 0 Å². The van der Waals surface area contributed by atoms with Crippen LogP contribution < -0.4 is 0 Å². The highest BCUT2D eigenvalue weighted by Crippen LogP contribution is 2.40. The monoisotopic (exact) mass is 580 g/mol. The second kappa shape index (κ2) is 11.0. The molecule has 0 atom stereocenters. The van der Waals surface area contributed by atoms with E-state index in [2.05, 4.69) is 61.3 Å². The SMILES string of the molecule is Cc1cncc(C)c1-c1ccc(-c2cc(-c3nc(-c4ccccc4)nc(-c4ccccc4)n3)c3oc4ccccc4c3c2)cc1. The van der Waals surface area contributed by atoms with Crippen LogP contribution in [0.25, 0.3) is 78.4 Å². The normalized spacial score (nSPS) is 11.3. The fourth-order valence-corrected chi connectivity index (χ4v) is 6.07. The van der Waals surface area contributed by atoms with Gasteiger partial charge in [0.1, 0.15) is 11.2 Å². The smallest absolute Gasteiger partial charge is 0.167 e. The molecular formula is C40H28N4O. The van der Waals surface area contributed by atoms with Crippen molar-refractivity contribution in [3.8, 4) is 56.4 Å². The molecule has 0 saturated heterocycles. The van der Waals surface area contributed by atoms with Crippen LogP contribution in [0.5, 0.6) is 0 Å². The van der Waals surface area contributed by atoms with Crippen LogP contribution in [0.1, 0.15) is 11.1 Å². The van der Waals surface area contributed by atoms with Gasteiger partial charge < -0.3 is 4.42 Å². The van der Waals surface area contributed by atoms with E-state index in [1.165, 1.54) is 11.1 Å². The summed E-state index contributed by atoms with van der Waals surface area (Å²) in [7, 11) is 0. The summed E-state index contributed by atoms with van der Waals surface area (Å²) < 4.78 is 6.52. The molecule has 8 aromatic rings. The molecule has 0 aliphatic rings. The number of para-hydroxylation sites is 1. The zero-order valence-corrected chi connectivity index (χ0v) is 24.9. The van der Waals surface area contributed by atoms with Crippen molar-refractivity contribution in [2.45, 2.75) is 13.8 Å². The van der Waals surface area contributed by atoms with Gasteiger partial charge in [-0.15, -0.1) is 0 Å². The van der Waals surface area contributed by atoms with E-state index < -0.39 is 0 Å². The Morgan fingerprint density at radius 2 is 1.02 bits per heavy atom. The summed E-state index contributed by atoms with van der Waals surface area (Å²) >= 11 is 0. The van der Waals surface area contributed by atoms with Gasteiger partial charge in [0.15, 0.2) is 17.5 Å². The summed E-state index contributed by atoms with van der Waals surface area (Å²) in [6.07, 6.45) is 3.84. The first kappa shape index (κ1) is 26.7. The number of rotatable bonds is 5. The number of fused-ring (bicyclic) bond motifs is 3. The lowest BCUT2D eigenvalue weighted by Gasteiger charge is -2.12. The first-order valence-electron chi connectivity index (χ1n) is 15.0. The number of aromatic nitrogens is 4. The molecule has 45 heavy (non-hydrogen) atoms. The van der Waals surface area contributed by atoms with E-state index in [0.29, 0.717) is 17.5 Å². The lowest BCUT2D eigenvalue weighted by Crippen LogP contribution is -2.00. The van der Waals surface area contributed by atoms with Crippen LogP contribution in [0, 0.1) is 13.8 Å². The zero-order chi connectivity index (χ0) is 30.3. The van der Waals surface area contributed by atoms with E-state index in [9.17, 15) is 0 Å². The van der Waals surface area contributed by atoms with E-state index >= 15 is 0 Å². The topological polar surface area (TPSA) is 64.7 Å². The number of nitrogens with zero attached hydrogens (tertiary/aromatic N) is 4. The molecule has 8 rings (SSSR count). The van der Waals surface area contributed by atoms with Gasteiger partial charge >= 0.3 is 0 Å². The van der Waals surface area contributed by atoms with Crippen LogP contribution in [-0.4, -0.2) is 19.9 Å². The second-order valence-corrected chi connectivity index (χ2v) is 11.3. The van der Waals surface area contributed by atoms with Crippen molar-refractivity contribution in [3.63, 3.8) is 0 Å². The molecule has 0 saturated carbocycles. The van der Waals surface area contributed by atoms with Gasteiger partial charge in [0.05, 0.1) is 5.56 Å². The molecule has 214 valence electrons. The van der Waals surface area contributed by atoms with E-state index in [4.69, 9.17) is 19.4 Å². The number of hydrogen-bond acceptors (Lipinski definition) is 5. The summed E-state index contributed by atoms with van der Waals surface area (Å²) in [6, 6.07) is 41.3. The number of furan rings is 1. The van der Waals surface area contributed by atoms with Crippen molar-refractivity contribution in [2.24, 2.45) is 0 Å². The van der Waals surface area contributed by atoms with Crippen LogP contribution >= 0.6 is 0 Å². The van der Waals surface area contributed by atoms with E-state index in [-0.39, 0.29) is 0 Å². The molecule has 5 heteroatoms. The minimum absolute atomic E-state index is 0.563. The van der Waals surface area contributed by atoms with E-state index in [1.54, 1.807) is 0 Å². The Labute approximate surface area is 260 Å². The van der Waals surface area contributed by atoms with Crippen molar-refractivity contribution in [2.75, 3.05) is 0 Å². The molecule has 0 aliphatic heterocycles. The summed E-state index contributed by atoms with van der Waals surface area (Å²) in [5.41, 5.74) is 11.1. The number of aryl methyl sites for hydroxylation is 2. The van der Waals surface area contributed by atoms with Crippen LogP contribution in [0.4, 0.5) is 0 Å². The predicted octanol–water partition coefficient (Wildman–Crippen LogP) is 10.1. The Bertz CT molecular complexity index is 2250. The summed E-state index contributed by atoms with van der Waals surface area (Å²) in [5.74, 6) is 1.79. The molecule has 0 amide bonds. The number of pyridine rings is 1. The lowest BCUT2D eigenvalue weighted by atomic mass is 9.94. The maximum atomic E-state index is 6.52. The molecule has 0 bridgehead atoms. The molecule has 0 aliphatic carbocycles. The van der Waals surface area contributed by atoms with Gasteiger partial charge in [0, 0.05) is 34.3 Å². The Kier molecular flexibility index (Phi) is 6.50. The predicted molar refractivity (Wildman–Crippen MR) is 182 cm³/mol. The molecule has 0 radical (unpaired) electrons. The molecule has 0 spiro atoms. The van der Waals surface area contributed by atoms with Gasteiger partial charge in [-0.25, -0.2) is 15.0 Å². The van der Waals surface area contributed by atoms with Crippen molar-refractivity contribution >= 4 is 21.9 Å². The summed E-state index contributed by atoms with van der Waals surface area (Å²) in [6.45, 7) is 4.21. The Morgan fingerprint density at radius 1 is 0.467 bits per heavy atom. The molecule has 5 aromatic carbocycles. The van der Waals surface area contributed by atoms with Crippen molar-refractivity contribution in [1.29, 1.82) is 0 Å². The Balaban J connectivity index is 1.35. The number of benzene rings is 5. The van der Waals surface area contributed by atoms with Crippen LogP contribution in [0.15, 0.2) is 138 Å². The van der Waals surface area contributed by atoms with Gasteiger partial charge in [-0.05, 0) is 65.4 Å². The standard InChI is InChI=1S/C40H28N4O/c1-25-23-41-24-26(2)36(25)28-19-17-27(18-20-28)31-21-33-32-15-9-10-16-35(32)45-37(33)34(22-31)40-43-38(29-11-5-3-6-12-29)42-39(44-40)30-13-7-4-8-14-30/h3-24H,1-2H3. The Morgan fingerprint density at radius 3 is 1.67 bits per heavy atom. The Hall–Kier alpha value is -5.94. The lowest BCUT2D eigenvalue weighted by molar-refractivity contribution is 0.669. The van der Waals surface area contributed by atoms with Gasteiger partial charge in [-0.3, -0.25) is 4.98 Å². The number of hydrogen-bond donors (Lipinski definition) is 0. The van der Waals surface area contributed by atoms with Gasteiger partial charge in [0.25, 0.3) is 0 Å². The zero-order valence-electron chi connectivity index (χ0n) is 24.9. The highest BCUT2D eigenvalue weighted by Gasteiger charge is 2.20. The highest BCUT2D eigenvalue weighted by atomic mass is 16.3. The first-order chi connectivity index (χ1) is 22.1. The van der Waals surface area contributed by atoms with E-state index in [1.807, 2.05) is 91.3 Å².